The van der Waals surface area contributed by atoms with E-state index in [0.29, 0.717) is 25.7 Å². The zero-order chi connectivity index (χ0) is 12.2. The van der Waals surface area contributed by atoms with Gasteiger partial charge >= 0.3 is 0 Å². The molecule has 5 nitrogen and oxygen atoms in total. The molecule has 1 saturated heterocycles. The molecule has 0 saturated carbocycles. The molecule has 92 valence electrons. The number of hydrogen-bond acceptors (Lipinski definition) is 4. The summed E-state index contributed by atoms with van der Waals surface area (Å²) in [6, 6.07) is 0. The Labute approximate surface area is 95.5 Å². The molecule has 1 atom stereocenters. The minimum Gasteiger partial charge on any atom is -0.296 e. The van der Waals surface area contributed by atoms with Crippen LogP contribution in [0.3, 0.4) is 0 Å². The van der Waals surface area contributed by atoms with Crippen molar-refractivity contribution in [2.24, 2.45) is 5.92 Å². The lowest BCUT2D eigenvalue weighted by Crippen LogP contribution is -2.41. The summed E-state index contributed by atoms with van der Waals surface area (Å²) in [4.78, 5) is 22.2. The molecule has 0 aliphatic carbocycles. The summed E-state index contributed by atoms with van der Waals surface area (Å²) in [7, 11) is -3.03. The fraction of sp³-hybridized carbons (Fsp3) is 0.800. The molecule has 1 heterocycles. The molecule has 0 bridgehead atoms. The van der Waals surface area contributed by atoms with Crippen LogP contribution in [0.2, 0.25) is 0 Å². The molecule has 16 heavy (non-hydrogen) atoms. The average Bonchev–Trinajstić information content (AvgIpc) is 2.16. The standard InChI is InChI=1S/C10H17NO4S/c1-2-6-16(14,15)7-5-8-3-4-9(12)11-10(8)13/h8H,2-7H2,1H3,(H,11,12,13). The van der Waals surface area contributed by atoms with Gasteiger partial charge in [0.2, 0.25) is 11.8 Å². The first-order valence-electron chi connectivity index (χ1n) is 5.48. The zero-order valence-electron chi connectivity index (χ0n) is 9.36. The summed E-state index contributed by atoms with van der Waals surface area (Å²) in [5, 5.41) is 2.22. The molecule has 1 fully saturated rings. The lowest BCUT2D eigenvalue weighted by Gasteiger charge is -2.20. The molecular weight excluding hydrogens is 230 g/mol. The Bertz CT molecular complexity index is 374. The van der Waals surface area contributed by atoms with Crippen molar-refractivity contribution < 1.29 is 18.0 Å². The molecular formula is C10H17NO4S. The van der Waals surface area contributed by atoms with Gasteiger partial charge in [0.25, 0.3) is 0 Å². The van der Waals surface area contributed by atoms with Crippen LogP contribution < -0.4 is 5.32 Å². The van der Waals surface area contributed by atoms with E-state index in [1.165, 1.54) is 0 Å². The zero-order valence-corrected chi connectivity index (χ0v) is 10.2. The highest BCUT2D eigenvalue weighted by atomic mass is 32.2. The molecule has 2 amide bonds. The van der Waals surface area contributed by atoms with Crippen molar-refractivity contribution in [3.63, 3.8) is 0 Å². The van der Waals surface area contributed by atoms with Gasteiger partial charge in [0.1, 0.15) is 9.84 Å². The number of piperidine rings is 1. The average molecular weight is 247 g/mol. The topological polar surface area (TPSA) is 80.3 Å². The predicted molar refractivity (Wildman–Crippen MR) is 59.4 cm³/mol. The minimum absolute atomic E-state index is 0.0348. The van der Waals surface area contributed by atoms with Gasteiger partial charge in [-0.05, 0) is 19.3 Å². The van der Waals surface area contributed by atoms with Crippen LogP contribution in [-0.4, -0.2) is 31.7 Å². The minimum atomic E-state index is -3.03. The normalized spacial score (nSPS) is 21.9. The van der Waals surface area contributed by atoms with E-state index in [2.05, 4.69) is 5.32 Å². The smallest absolute Gasteiger partial charge is 0.229 e. The van der Waals surface area contributed by atoms with Crippen LogP contribution in [0.1, 0.15) is 32.6 Å². The molecule has 1 aliphatic rings. The Balaban J connectivity index is 2.44. The number of carbonyl (C=O) groups is 2. The second kappa shape index (κ2) is 5.43. The fourth-order valence-electron chi connectivity index (χ4n) is 1.75. The third kappa shape index (κ3) is 3.92. The van der Waals surface area contributed by atoms with Crippen LogP contribution in [0.25, 0.3) is 0 Å². The Morgan fingerprint density at radius 3 is 2.56 bits per heavy atom. The lowest BCUT2D eigenvalue weighted by molar-refractivity contribution is -0.136. The van der Waals surface area contributed by atoms with Crippen LogP contribution in [-0.2, 0) is 19.4 Å². The van der Waals surface area contributed by atoms with E-state index in [1.807, 2.05) is 6.92 Å². The van der Waals surface area contributed by atoms with Gasteiger partial charge in [0.05, 0.1) is 5.75 Å². The van der Waals surface area contributed by atoms with E-state index in [1.54, 1.807) is 0 Å². The third-order valence-corrected chi connectivity index (χ3v) is 4.53. The van der Waals surface area contributed by atoms with Crippen molar-refractivity contribution in [3.8, 4) is 0 Å². The SMILES string of the molecule is CCCS(=O)(=O)CCC1CCC(=O)NC1=O. The van der Waals surface area contributed by atoms with Gasteiger partial charge in [-0.1, -0.05) is 6.92 Å². The first kappa shape index (κ1) is 13.2. The molecule has 1 N–H and O–H groups in total. The van der Waals surface area contributed by atoms with Crippen LogP contribution in [0, 0.1) is 5.92 Å². The Kier molecular flexibility index (Phi) is 4.46. The summed E-state index contributed by atoms with van der Waals surface area (Å²) in [6.45, 7) is 1.81. The monoisotopic (exact) mass is 247 g/mol. The maximum absolute atomic E-state index is 11.4. The number of sulfone groups is 1. The van der Waals surface area contributed by atoms with Crippen molar-refractivity contribution in [1.29, 1.82) is 0 Å². The fourth-order valence-corrected chi connectivity index (χ4v) is 3.22. The summed E-state index contributed by atoms with van der Waals surface area (Å²) in [5.74, 6) is -0.724. The van der Waals surface area contributed by atoms with Crippen LogP contribution in [0.4, 0.5) is 0 Å². The van der Waals surface area contributed by atoms with E-state index < -0.39 is 9.84 Å². The van der Waals surface area contributed by atoms with Gasteiger partial charge in [-0.3, -0.25) is 14.9 Å². The molecule has 1 aliphatic heterocycles. The molecule has 0 radical (unpaired) electrons. The van der Waals surface area contributed by atoms with Crippen molar-refractivity contribution in [1.82, 2.24) is 5.32 Å². The van der Waals surface area contributed by atoms with Crippen molar-refractivity contribution in [3.05, 3.63) is 0 Å². The van der Waals surface area contributed by atoms with Gasteiger partial charge in [-0.25, -0.2) is 8.42 Å². The van der Waals surface area contributed by atoms with Gasteiger partial charge in [-0.15, -0.1) is 0 Å². The first-order chi connectivity index (χ1) is 7.44. The van der Waals surface area contributed by atoms with Crippen LogP contribution >= 0.6 is 0 Å². The molecule has 0 aromatic heterocycles. The van der Waals surface area contributed by atoms with Gasteiger partial charge in [-0.2, -0.15) is 0 Å². The number of hydrogen-bond donors (Lipinski definition) is 1. The third-order valence-electron chi connectivity index (χ3n) is 2.65. The summed E-state index contributed by atoms with van der Waals surface area (Å²) >= 11 is 0. The molecule has 0 spiro atoms. The highest BCUT2D eigenvalue weighted by Gasteiger charge is 2.27. The van der Waals surface area contributed by atoms with E-state index in [-0.39, 0.29) is 29.2 Å². The number of nitrogens with one attached hydrogen (secondary N) is 1. The molecule has 6 heteroatoms. The Morgan fingerprint density at radius 2 is 2.00 bits per heavy atom. The summed E-state index contributed by atoms with van der Waals surface area (Å²) in [5.41, 5.74) is 0. The second-order valence-electron chi connectivity index (χ2n) is 4.09. The number of imide groups is 1. The van der Waals surface area contributed by atoms with Gasteiger partial charge in [0, 0.05) is 18.1 Å². The Hall–Kier alpha value is -0.910. The number of carbonyl (C=O) groups excluding carboxylic acids is 2. The summed E-state index contributed by atoms with van der Waals surface area (Å²) in [6.07, 6.45) is 1.69. The maximum Gasteiger partial charge on any atom is 0.229 e. The number of amides is 2. The quantitative estimate of drug-likeness (QED) is 0.706. The van der Waals surface area contributed by atoms with E-state index in [0.717, 1.165) is 0 Å². The van der Waals surface area contributed by atoms with Crippen LogP contribution in [0.15, 0.2) is 0 Å². The highest BCUT2D eigenvalue weighted by molar-refractivity contribution is 7.91. The number of rotatable bonds is 5. The van der Waals surface area contributed by atoms with Crippen molar-refractivity contribution in [2.75, 3.05) is 11.5 Å². The van der Waals surface area contributed by atoms with E-state index >= 15 is 0 Å². The van der Waals surface area contributed by atoms with Gasteiger partial charge < -0.3 is 0 Å². The van der Waals surface area contributed by atoms with Crippen molar-refractivity contribution in [2.45, 2.75) is 32.6 Å². The predicted octanol–water partition coefficient (Wildman–Crippen LogP) is 0.254. The van der Waals surface area contributed by atoms with Crippen LogP contribution in [0.5, 0.6) is 0 Å². The first-order valence-corrected chi connectivity index (χ1v) is 7.31. The van der Waals surface area contributed by atoms with Crippen molar-refractivity contribution >= 4 is 21.7 Å². The lowest BCUT2D eigenvalue weighted by atomic mass is 9.96. The second-order valence-corrected chi connectivity index (χ2v) is 6.39. The summed E-state index contributed by atoms with van der Waals surface area (Å²) < 4.78 is 22.9. The molecule has 1 unspecified atom stereocenters. The Morgan fingerprint density at radius 1 is 1.31 bits per heavy atom. The van der Waals surface area contributed by atoms with E-state index in [4.69, 9.17) is 0 Å². The molecule has 0 aromatic carbocycles. The largest absolute Gasteiger partial charge is 0.296 e. The maximum atomic E-state index is 11.4. The molecule has 1 rings (SSSR count). The van der Waals surface area contributed by atoms with E-state index in [9.17, 15) is 18.0 Å². The molecule has 0 aromatic rings. The van der Waals surface area contributed by atoms with Gasteiger partial charge in [0.15, 0.2) is 0 Å². The highest BCUT2D eigenvalue weighted by Crippen LogP contribution is 2.17.